The van der Waals surface area contributed by atoms with Gasteiger partial charge in [-0.2, -0.15) is 0 Å². The largest absolute Gasteiger partial charge is 0.312 e. The standard InChI is InChI=1S/C13H29N/c1-8-11(4)12(10(2)3)9-14-13(5,6)7/h10-12,14H,8-9H2,1-7H3. The lowest BCUT2D eigenvalue weighted by atomic mass is 9.82. The lowest BCUT2D eigenvalue weighted by molar-refractivity contribution is 0.233. The summed E-state index contributed by atoms with van der Waals surface area (Å²) < 4.78 is 0. The summed E-state index contributed by atoms with van der Waals surface area (Å²) in [6, 6.07) is 0. The monoisotopic (exact) mass is 199 g/mol. The Balaban J connectivity index is 4.11. The van der Waals surface area contributed by atoms with E-state index >= 15 is 0 Å². The molecule has 0 aliphatic heterocycles. The van der Waals surface area contributed by atoms with Gasteiger partial charge in [-0.1, -0.05) is 34.1 Å². The molecule has 0 heterocycles. The minimum Gasteiger partial charge on any atom is -0.312 e. The van der Waals surface area contributed by atoms with Crippen molar-refractivity contribution in [1.29, 1.82) is 0 Å². The highest BCUT2D eigenvalue weighted by atomic mass is 14.9. The van der Waals surface area contributed by atoms with E-state index in [4.69, 9.17) is 0 Å². The number of hydrogen-bond acceptors (Lipinski definition) is 1. The van der Waals surface area contributed by atoms with Crippen molar-refractivity contribution < 1.29 is 0 Å². The highest BCUT2D eigenvalue weighted by Crippen LogP contribution is 2.23. The molecule has 0 aliphatic carbocycles. The van der Waals surface area contributed by atoms with Crippen LogP contribution in [0.3, 0.4) is 0 Å². The van der Waals surface area contributed by atoms with Crippen LogP contribution < -0.4 is 5.32 Å². The van der Waals surface area contributed by atoms with Gasteiger partial charge in [-0.3, -0.25) is 0 Å². The van der Waals surface area contributed by atoms with E-state index in [0.717, 1.165) is 24.3 Å². The molecule has 0 saturated carbocycles. The second kappa shape index (κ2) is 5.75. The Kier molecular flexibility index (Phi) is 5.73. The Bertz CT molecular complexity index is 144. The van der Waals surface area contributed by atoms with Gasteiger partial charge in [0.15, 0.2) is 0 Å². The van der Waals surface area contributed by atoms with Crippen molar-refractivity contribution >= 4 is 0 Å². The van der Waals surface area contributed by atoms with Gasteiger partial charge in [0.2, 0.25) is 0 Å². The summed E-state index contributed by atoms with van der Waals surface area (Å²) in [5.74, 6) is 2.41. The summed E-state index contributed by atoms with van der Waals surface area (Å²) in [6.07, 6.45) is 1.29. The number of rotatable bonds is 5. The zero-order valence-corrected chi connectivity index (χ0v) is 11.1. The van der Waals surface area contributed by atoms with Crippen molar-refractivity contribution in [3.8, 4) is 0 Å². The van der Waals surface area contributed by atoms with E-state index in [1.807, 2.05) is 0 Å². The molecule has 0 saturated heterocycles. The van der Waals surface area contributed by atoms with Crippen LogP contribution in [0.4, 0.5) is 0 Å². The van der Waals surface area contributed by atoms with Gasteiger partial charge in [-0.05, 0) is 45.1 Å². The van der Waals surface area contributed by atoms with Crippen molar-refractivity contribution in [2.24, 2.45) is 17.8 Å². The third-order valence-corrected chi connectivity index (χ3v) is 3.10. The minimum absolute atomic E-state index is 0.251. The highest BCUT2D eigenvalue weighted by Gasteiger charge is 2.21. The molecule has 0 amide bonds. The summed E-state index contributed by atoms with van der Waals surface area (Å²) in [7, 11) is 0. The zero-order chi connectivity index (χ0) is 11.4. The fourth-order valence-corrected chi connectivity index (χ4v) is 1.82. The van der Waals surface area contributed by atoms with Crippen LogP contribution in [0.1, 0.15) is 54.9 Å². The second-order valence-corrected chi connectivity index (χ2v) is 5.92. The molecule has 1 N–H and O–H groups in total. The first kappa shape index (κ1) is 14.0. The molecule has 1 nitrogen and oxygen atoms in total. The maximum Gasteiger partial charge on any atom is 0.00966 e. The van der Waals surface area contributed by atoms with E-state index in [1.54, 1.807) is 0 Å². The Labute approximate surface area is 90.7 Å². The van der Waals surface area contributed by atoms with E-state index in [-0.39, 0.29) is 5.54 Å². The van der Waals surface area contributed by atoms with E-state index in [1.165, 1.54) is 6.42 Å². The van der Waals surface area contributed by atoms with E-state index < -0.39 is 0 Å². The Morgan fingerprint density at radius 1 is 1.07 bits per heavy atom. The van der Waals surface area contributed by atoms with Crippen LogP contribution in [0.2, 0.25) is 0 Å². The van der Waals surface area contributed by atoms with Crippen LogP contribution in [-0.4, -0.2) is 12.1 Å². The van der Waals surface area contributed by atoms with Gasteiger partial charge in [-0.25, -0.2) is 0 Å². The lowest BCUT2D eigenvalue weighted by Gasteiger charge is -2.31. The summed E-state index contributed by atoms with van der Waals surface area (Å²) >= 11 is 0. The molecule has 0 aromatic heterocycles. The molecule has 0 aromatic rings. The highest BCUT2D eigenvalue weighted by molar-refractivity contribution is 4.77. The average Bonchev–Trinajstić information content (AvgIpc) is 2.01. The molecule has 0 fully saturated rings. The van der Waals surface area contributed by atoms with Gasteiger partial charge in [-0.15, -0.1) is 0 Å². The van der Waals surface area contributed by atoms with Gasteiger partial charge in [0, 0.05) is 5.54 Å². The van der Waals surface area contributed by atoms with Gasteiger partial charge >= 0.3 is 0 Å². The molecule has 0 aromatic carbocycles. The fourth-order valence-electron chi connectivity index (χ4n) is 1.82. The van der Waals surface area contributed by atoms with Crippen LogP contribution in [0, 0.1) is 17.8 Å². The molecule has 2 unspecified atom stereocenters. The fraction of sp³-hybridized carbons (Fsp3) is 1.00. The Hall–Kier alpha value is -0.0400. The third-order valence-electron chi connectivity index (χ3n) is 3.10. The van der Waals surface area contributed by atoms with E-state index in [0.29, 0.717) is 0 Å². The molecule has 0 rings (SSSR count). The van der Waals surface area contributed by atoms with Gasteiger partial charge < -0.3 is 5.32 Å². The number of nitrogens with one attached hydrogen (secondary N) is 1. The zero-order valence-electron chi connectivity index (χ0n) is 11.1. The van der Waals surface area contributed by atoms with Crippen molar-refractivity contribution in [3.05, 3.63) is 0 Å². The number of hydrogen-bond donors (Lipinski definition) is 1. The van der Waals surface area contributed by atoms with Gasteiger partial charge in [0.05, 0.1) is 0 Å². The van der Waals surface area contributed by atoms with E-state index in [9.17, 15) is 0 Å². The third kappa shape index (κ3) is 5.64. The molecule has 2 atom stereocenters. The predicted molar refractivity (Wildman–Crippen MR) is 65.5 cm³/mol. The van der Waals surface area contributed by atoms with Crippen LogP contribution in [0.25, 0.3) is 0 Å². The van der Waals surface area contributed by atoms with Gasteiger partial charge in [0.1, 0.15) is 0 Å². The first-order valence-electron chi connectivity index (χ1n) is 6.03. The SMILES string of the molecule is CCC(C)C(CNC(C)(C)C)C(C)C. The molecule has 1 heteroatoms. The average molecular weight is 199 g/mol. The van der Waals surface area contributed by atoms with Crippen LogP contribution >= 0.6 is 0 Å². The predicted octanol–water partition coefficient (Wildman–Crippen LogP) is 3.69. The van der Waals surface area contributed by atoms with Crippen LogP contribution in [0.5, 0.6) is 0 Å². The molecule has 0 bridgehead atoms. The van der Waals surface area contributed by atoms with E-state index in [2.05, 4.69) is 53.8 Å². The van der Waals surface area contributed by atoms with Crippen molar-refractivity contribution in [2.45, 2.75) is 60.4 Å². The van der Waals surface area contributed by atoms with Crippen molar-refractivity contribution in [1.82, 2.24) is 5.32 Å². The molecular weight excluding hydrogens is 170 g/mol. The maximum atomic E-state index is 3.62. The van der Waals surface area contributed by atoms with Crippen molar-refractivity contribution in [3.63, 3.8) is 0 Å². The van der Waals surface area contributed by atoms with Crippen LogP contribution in [-0.2, 0) is 0 Å². The first-order valence-corrected chi connectivity index (χ1v) is 6.03. The normalized spacial score (nSPS) is 17.1. The summed E-state index contributed by atoms with van der Waals surface area (Å²) in [4.78, 5) is 0. The molecule has 14 heavy (non-hydrogen) atoms. The van der Waals surface area contributed by atoms with Crippen molar-refractivity contribution in [2.75, 3.05) is 6.54 Å². The topological polar surface area (TPSA) is 12.0 Å². The Morgan fingerprint density at radius 2 is 1.57 bits per heavy atom. The quantitative estimate of drug-likeness (QED) is 0.712. The smallest absolute Gasteiger partial charge is 0.00966 e. The molecule has 0 aliphatic rings. The Morgan fingerprint density at radius 3 is 1.86 bits per heavy atom. The molecule has 0 radical (unpaired) electrons. The van der Waals surface area contributed by atoms with Gasteiger partial charge in [0.25, 0.3) is 0 Å². The summed E-state index contributed by atoms with van der Waals surface area (Å²) in [5, 5.41) is 3.62. The molecule has 86 valence electrons. The first-order chi connectivity index (χ1) is 6.28. The summed E-state index contributed by atoms with van der Waals surface area (Å²) in [6.45, 7) is 17.2. The maximum absolute atomic E-state index is 3.62. The second-order valence-electron chi connectivity index (χ2n) is 5.92. The van der Waals surface area contributed by atoms with Crippen LogP contribution in [0.15, 0.2) is 0 Å². The molecule has 0 spiro atoms. The summed E-state index contributed by atoms with van der Waals surface area (Å²) in [5.41, 5.74) is 0.251. The molecular formula is C13H29N. The minimum atomic E-state index is 0.251. The lowest BCUT2D eigenvalue weighted by Crippen LogP contribution is -2.41.